The van der Waals surface area contributed by atoms with E-state index in [1.54, 1.807) is 13.8 Å². The Bertz CT molecular complexity index is 127. The first-order valence-corrected chi connectivity index (χ1v) is 4.11. The van der Waals surface area contributed by atoms with Crippen molar-refractivity contribution in [1.29, 1.82) is 0 Å². The van der Waals surface area contributed by atoms with Crippen LogP contribution in [-0.4, -0.2) is 25.6 Å². The number of rotatable bonds is 6. The van der Waals surface area contributed by atoms with Crippen molar-refractivity contribution in [1.82, 2.24) is 0 Å². The summed E-state index contributed by atoms with van der Waals surface area (Å²) in [6.45, 7) is 2.56. The highest BCUT2D eigenvalue weighted by Gasteiger charge is 2.23. The Morgan fingerprint density at radius 3 is 1.92 bits per heavy atom. The van der Waals surface area contributed by atoms with Gasteiger partial charge in [-0.1, -0.05) is 13.8 Å². The Labute approximate surface area is 75.1 Å². The predicted octanol–water partition coefficient (Wildman–Crippen LogP) is 2.95. The Morgan fingerprint density at radius 1 is 1.08 bits per heavy atom. The third-order valence-electron chi connectivity index (χ3n) is 1.42. The van der Waals surface area contributed by atoms with Gasteiger partial charge in [0.2, 0.25) is 0 Å². The van der Waals surface area contributed by atoms with Crippen LogP contribution in [0.2, 0.25) is 0 Å². The lowest BCUT2D eigenvalue weighted by Gasteiger charge is -2.18. The van der Waals surface area contributed by atoms with E-state index in [1.165, 1.54) is 0 Å². The molecule has 80 valence electrons. The molecule has 0 heterocycles. The molecular formula is C8H14F4O. The number of ether oxygens (including phenoxy) is 1. The summed E-state index contributed by atoms with van der Waals surface area (Å²) in [5.41, 5.74) is 0. The molecule has 0 spiro atoms. The van der Waals surface area contributed by atoms with Crippen LogP contribution in [0.4, 0.5) is 17.6 Å². The third kappa shape index (κ3) is 6.81. The number of halogens is 4. The van der Waals surface area contributed by atoms with E-state index in [1.807, 2.05) is 0 Å². The maximum atomic E-state index is 12.1. The van der Waals surface area contributed by atoms with Gasteiger partial charge in [-0.15, -0.1) is 0 Å². The Hall–Kier alpha value is -0.320. The predicted molar refractivity (Wildman–Crippen MR) is 41.2 cm³/mol. The topological polar surface area (TPSA) is 9.23 Å². The monoisotopic (exact) mass is 202 g/mol. The van der Waals surface area contributed by atoms with Gasteiger partial charge in [-0.2, -0.15) is 0 Å². The molecule has 5 heteroatoms. The highest BCUT2D eigenvalue weighted by molar-refractivity contribution is 4.63. The van der Waals surface area contributed by atoms with Gasteiger partial charge in [0, 0.05) is 0 Å². The maximum Gasteiger partial charge on any atom is 0.264 e. The third-order valence-corrected chi connectivity index (χ3v) is 1.42. The Kier molecular flexibility index (Phi) is 6.03. The molecule has 0 aliphatic rings. The van der Waals surface area contributed by atoms with Crippen LogP contribution >= 0.6 is 0 Å². The highest BCUT2D eigenvalue weighted by atomic mass is 19.3. The lowest BCUT2D eigenvalue weighted by Crippen LogP contribution is -2.26. The van der Waals surface area contributed by atoms with E-state index in [9.17, 15) is 17.6 Å². The summed E-state index contributed by atoms with van der Waals surface area (Å²) in [6, 6.07) is 0. The molecule has 0 saturated carbocycles. The number of alkyl halides is 4. The molecular weight excluding hydrogens is 188 g/mol. The van der Waals surface area contributed by atoms with Crippen molar-refractivity contribution in [2.75, 3.05) is 6.61 Å². The molecule has 0 unspecified atom stereocenters. The van der Waals surface area contributed by atoms with E-state index < -0.39 is 25.6 Å². The lowest BCUT2D eigenvalue weighted by molar-refractivity contribution is -0.0945. The van der Waals surface area contributed by atoms with Gasteiger partial charge in [-0.25, -0.2) is 17.6 Å². The molecule has 13 heavy (non-hydrogen) atoms. The summed E-state index contributed by atoms with van der Waals surface area (Å²) in [6.07, 6.45) is -6.65. The van der Waals surface area contributed by atoms with E-state index in [0.717, 1.165) is 0 Å². The number of hydrogen-bond acceptors (Lipinski definition) is 1. The average molecular weight is 202 g/mol. The van der Waals surface area contributed by atoms with Crippen LogP contribution in [0.15, 0.2) is 0 Å². The molecule has 0 aromatic rings. The quantitative estimate of drug-likeness (QED) is 0.602. The molecule has 1 nitrogen and oxygen atoms in total. The minimum atomic E-state index is -2.69. The molecule has 0 aliphatic heterocycles. The molecule has 0 bridgehead atoms. The van der Waals surface area contributed by atoms with Crippen molar-refractivity contribution >= 4 is 0 Å². The van der Waals surface area contributed by atoms with Gasteiger partial charge in [0.15, 0.2) is 0 Å². The minimum Gasteiger partial charge on any atom is -0.366 e. The Morgan fingerprint density at radius 2 is 1.62 bits per heavy atom. The normalized spacial score (nSPS) is 14.5. The van der Waals surface area contributed by atoms with Crippen molar-refractivity contribution in [2.45, 2.75) is 39.2 Å². The van der Waals surface area contributed by atoms with Crippen LogP contribution in [-0.2, 0) is 4.74 Å². The van der Waals surface area contributed by atoms with Crippen molar-refractivity contribution < 1.29 is 22.3 Å². The summed E-state index contributed by atoms with van der Waals surface area (Å²) >= 11 is 0. The van der Waals surface area contributed by atoms with Gasteiger partial charge in [-0.05, 0) is 12.3 Å². The van der Waals surface area contributed by atoms with Gasteiger partial charge in [0.25, 0.3) is 12.9 Å². The standard InChI is InChI=1S/C8H14F4O/c1-5(2)3-6(8(11)12)13-4-7(9)10/h5-8H,3-4H2,1-2H3/t6-/m1/s1. The second kappa shape index (κ2) is 6.18. The molecule has 0 aromatic carbocycles. The largest absolute Gasteiger partial charge is 0.366 e. The molecule has 0 aliphatic carbocycles. The second-order valence-electron chi connectivity index (χ2n) is 3.23. The van der Waals surface area contributed by atoms with E-state index >= 15 is 0 Å². The molecule has 0 radical (unpaired) electrons. The molecule has 0 fully saturated rings. The lowest BCUT2D eigenvalue weighted by atomic mass is 10.1. The summed E-state index contributed by atoms with van der Waals surface area (Å²) in [5, 5.41) is 0. The van der Waals surface area contributed by atoms with Gasteiger partial charge >= 0.3 is 0 Å². The fraction of sp³-hybridized carbons (Fsp3) is 1.00. The van der Waals surface area contributed by atoms with Gasteiger partial charge in [0.1, 0.15) is 12.7 Å². The van der Waals surface area contributed by atoms with Gasteiger partial charge in [0.05, 0.1) is 0 Å². The summed E-state index contributed by atoms with van der Waals surface area (Å²) in [4.78, 5) is 0. The van der Waals surface area contributed by atoms with Crippen molar-refractivity contribution in [3.05, 3.63) is 0 Å². The summed E-state index contributed by atoms with van der Waals surface area (Å²) < 4.78 is 51.9. The highest BCUT2D eigenvalue weighted by Crippen LogP contribution is 2.16. The van der Waals surface area contributed by atoms with E-state index in [4.69, 9.17) is 0 Å². The minimum absolute atomic E-state index is 0.0108. The van der Waals surface area contributed by atoms with Crippen molar-refractivity contribution in [2.24, 2.45) is 5.92 Å². The first kappa shape index (κ1) is 12.7. The van der Waals surface area contributed by atoms with Crippen molar-refractivity contribution in [3.8, 4) is 0 Å². The molecule has 0 rings (SSSR count). The van der Waals surface area contributed by atoms with E-state index in [2.05, 4.69) is 4.74 Å². The van der Waals surface area contributed by atoms with Crippen LogP contribution < -0.4 is 0 Å². The fourth-order valence-electron chi connectivity index (χ4n) is 0.905. The first-order chi connectivity index (χ1) is 5.93. The molecule has 0 N–H and O–H groups in total. The molecule has 1 atom stereocenters. The number of hydrogen-bond donors (Lipinski definition) is 0. The molecule has 0 aromatic heterocycles. The van der Waals surface area contributed by atoms with Gasteiger partial charge < -0.3 is 4.74 Å². The van der Waals surface area contributed by atoms with Gasteiger partial charge in [-0.3, -0.25) is 0 Å². The Balaban J connectivity index is 3.81. The van der Waals surface area contributed by atoms with Crippen molar-refractivity contribution in [3.63, 3.8) is 0 Å². The van der Waals surface area contributed by atoms with Crippen LogP contribution in [0.25, 0.3) is 0 Å². The molecule has 0 amide bonds. The fourth-order valence-corrected chi connectivity index (χ4v) is 0.905. The zero-order valence-electron chi connectivity index (χ0n) is 7.64. The van der Waals surface area contributed by atoms with Crippen LogP contribution in [0.1, 0.15) is 20.3 Å². The first-order valence-electron chi connectivity index (χ1n) is 4.11. The maximum absolute atomic E-state index is 12.1. The zero-order valence-corrected chi connectivity index (χ0v) is 7.64. The average Bonchev–Trinajstić information content (AvgIpc) is 1.96. The SMILES string of the molecule is CC(C)C[C@@H](OCC(F)F)C(F)F. The second-order valence-corrected chi connectivity index (χ2v) is 3.23. The van der Waals surface area contributed by atoms with E-state index in [0.29, 0.717) is 0 Å². The smallest absolute Gasteiger partial charge is 0.264 e. The molecule has 0 saturated heterocycles. The van der Waals surface area contributed by atoms with Crippen LogP contribution in [0.3, 0.4) is 0 Å². The van der Waals surface area contributed by atoms with Crippen LogP contribution in [0, 0.1) is 5.92 Å². The summed E-state index contributed by atoms with van der Waals surface area (Å²) in [7, 11) is 0. The van der Waals surface area contributed by atoms with Crippen LogP contribution in [0.5, 0.6) is 0 Å². The summed E-state index contributed by atoms with van der Waals surface area (Å²) in [5.74, 6) is 0.0108. The van der Waals surface area contributed by atoms with E-state index in [-0.39, 0.29) is 12.3 Å². The zero-order chi connectivity index (χ0) is 10.4.